The zero-order chi connectivity index (χ0) is 68.5. The molecule has 3 saturated heterocycles. The number of aliphatic hydroxyl groups excluding tert-OH is 9. The van der Waals surface area contributed by atoms with Crippen LogP contribution in [0.4, 0.5) is 0 Å². The molecular weight excluding hydrogens is 1350 g/mol. The fourth-order valence-electron chi connectivity index (χ4n) is 8.88. The molecule has 0 aromatic rings. The van der Waals surface area contributed by atoms with Crippen molar-refractivity contribution in [3.05, 3.63) is 0 Å². The lowest BCUT2D eigenvalue weighted by Crippen LogP contribution is -2.64. The summed E-state index contributed by atoms with van der Waals surface area (Å²) in [5.41, 5.74) is 5.68. The van der Waals surface area contributed by atoms with Gasteiger partial charge in [-0.05, 0) is 13.8 Å². The fraction of sp³-hybridized carbons (Fsp3) is 0.909. The third kappa shape index (κ3) is 35.4. The van der Waals surface area contributed by atoms with Gasteiger partial charge in [-0.25, -0.2) is 0 Å². The van der Waals surface area contributed by atoms with Gasteiger partial charge in [0.1, 0.15) is 54.8 Å². The Labute approximate surface area is 567 Å². The van der Waals surface area contributed by atoms with Crippen LogP contribution >= 0.6 is 64.8 Å². The Balaban J connectivity index is 1.35. The Morgan fingerprint density at radius 2 is 0.774 bits per heavy atom. The van der Waals surface area contributed by atoms with Crippen molar-refractivity contribution in [1.29, 1.82) is 0 Å². The van der Waals surface area contributed by atoms with E-state index in [1.54, 1.807) is 35.4 Å². The average Bonchev–Trinajstić information content (AvgIpc) is 1.06. The molecule has 0 radical (unpaired) electrons. The van der Waals surface area contributed by atoms with E-state index in [1.807, 2.05) is 13.8 Å². The molecule has 0 saturated carbocycles. The number of primary amides is 1. The van der Waals surface area contributed by atoms with Crippen molar-refractivity contribution in [2.75, 3.05) is 173 Å². The van der Waals surface area contributed by atoms with Gasteiger partial charge >= 0.3 is 0 Å². The number of nitrogens with two attached hydrogens (primary N) is 1. The first-order chi connectivity index (χ1) is 44.6. The van der Waals surface area contributed by atoms with Gasteiger partial charge in [0.15, 0.2) is 18.9 Å². The largest absolute Gasteiger partial charge is 0.394 e. The first-order valence-electron chi connectivity index (χ1n) is 30.7. The summed E-state index contributed by atoms with van der Waals surface area (Å²) in [6.07, 6.45) is -13.2. The summed E-state index contributed by atoms with van der Waals surface area (Å²) < 4.78 is 67.1. The van der Waals surface area contributed by atoms with Gasteiger partial charge in [0.05, 0.1) is 151 Å². The molecule has 5 amide bonds. The minimum absolute atomic E-state index is 0.00844. The van der Waals surface area contributed by atoms with Crippen LogP contribution in [0.2, 0.25) is 0 Å². The number of amides is 5. The van der Waals surface area contributed by atoms with E-state index in [9.17, 15) is 69.9 Å². The van der Waals surface area contributed by atoms with Gasteiger partial charge in [0, 0.05) is 65.4 Å². The molecule has 32 nitrogen and oxygen atoms in total. The van der Waals surface area contributed by atoms with Crippen molar-refractivity contribution >= 4 is 94.3 Å². The molecule has 0 spiro atoms. The summed E-state index contributed by atoms with van der Waals surface area (Å²) in [5, 5.41) is 100. The average molecular weight is 1460 g/mol. The van der Waals surface area contributed by atoms with Crippen molar-refractivity contribution in [1.82, 2.24) is 26.2 Å². The van der Waals surface area contributed by atoms with E-state index >= 15 is 0 Å². The number of rotatable bonds is 53. The molecule has 18 unspecified atom stereocenters. The molecule has 0 bridgehead atoms. The normalized spacial score (nSPS) is 27.5. The molecule has 3 heterocycles. The van der Waals surface area contributed by atoms with Crippen molar-refractivity contribution in [3.63, 3.8) is 0 Å². The first kappa shape index (κ1) is 85.8. The van der Waals surface area contributed by atoms with Crippen LogP contribution in [0, 0.1) is 11.8 Å². The van der Waals surface area contributed by atoms with Crippen LogP contribution < -0.4 is 27.0 Å². The predicted molar refractivity (Wildman–Crippen MR) is 350 cm³/mol. The molecule has 93 heavy (non-hydrogen) atoms. The monoisotopic (exact) mass is 1450 g/mol. The second-order valence-electron chi connectivity index (χ2n) is 21.8. The van der Waals surface area contributed by atoms with Gasteiger partial charge < -0.3 is 130 Å². The molecule has 3 aliphatic rings. The van der Waals surface area contributed by atoms with Gasteiger partial charge in [-0.2, -0.15) is 0 Å². The number of hydrogen-bond donors (Lipinski definition) is 14. The van der Waals surface area contributed by atoms with Crippen molar-refractivity contribution in [2.24, 2.45) is 17.6 Å². The van der Waals surface area contributed by atoms with Crippen molar-refractivity contribution in [2.45, 2.75) is 133 Å². The summed E-state index contributed by atoms with van der Waals surface area (Å²) in [6.45, 7) is 9.71. The lowest BCUT2D eigenvalue weighted by molar-refractivity contribution is -0.284. The zero-order valence-corrected chi connectivity index (χ0v) is 58.3. The zero-order valence-electron chi connectivity index (χ0n) is 53.4. The molecule has 15 N–H and O–H groups in total. The predicted octanol–water partition coefficient (Wildman–Crippen LogP) is -4.34. The van der Waals surface area contributed by atoms with Crippen LogP contribution in [0.1, 0.15) is 34.6 Å². The number of carbonyl (C=O) groups excluding carboxylic acids is 5. The van der Waals surface area contributed by atoms with Crippen LogP contribution in [-0.4, -0.2) is 351 Å². The highest BCUT2D eigenvalue weighted by molar-refractivity contribution is 8.77. The van der Waals surface area contributed by atoms with Gasteiger partial charge in [-0.1, -0.05) is 78.6 Å². The molecule has 38 heteroatoms. The van der Waals surface area contributed by atoms with Gasteiger partial charge in [0.2, 0.25) is 29.5 Å². The van der Waals surface area contributed by atoms with Crippen LogP contribution in [0.15, 0.2) is 0 Å². The number of aliphatic hydroxyl groups is 9. The maximum atomic E-state index is 13.5. The molecule has 3 rings (SSSR count). The number of hydrogen-bond acceptors (Lipinski definition) is 33. The van der Waals surface area contributed by atoms with E-state index in [2.05, 4.69) is 21.3 Å². The minimum Gasteiger partial charge on any atom is -0.394 e. The Bertz CT molecular complexity index is 1960. The number of ether oxygens (including phenoxy) is 12. The lowest BCUT2D eigenvalue weighted by Gasteiger charge is -2.42. The quantitative estimate of drug-likeness (QED) is 0.0202. The number of nitrogens with zero attached hydrogens (tertiary/aromatic N) is 1. The van der Waals surface area contributed by atoms with E-state index in [0.717, 1.165) is 0 Å². The summed E-state index contributed by atoms with van der Waals surface area (Å²) in [5.74, 6) is -0.725. The fourth-order valence-corrected chi connectivity index (χ4v) is 15.2. The maximum absolute atomic E-state index is 13.5. The summed E-state index contributed by atoms with van der Waals surface area (Å²) in [7, 11) is 8.85. The molecular formula is C55H102N6O26S6. The SMILES string of the molecule is CC(=O)NC1C(OCCOCCOCCSSCC(NC(=O)CN(CC(=O)NC(C)CSSCCOCCOCCOC2OC(CO)C(O)C(O)C2C)CC(=O)NC(C)CSSCCOCCOCCOC2OC(CO)C(O)C(O)C2C)C(N)=O)OC(CO)C(O)C1O. The Hall–Kier alpha value is -1.43. The topological polar surface area (TPSA) is 456 Å². The van der Waals surface area contributed by atoms with Crippen LogP contribution in [-0.2, 0) is 80.8 Å². The van der Waals surface area contributed by atoms with Crippen LogP contribution in [0.3, 0.4) is 0 Å². The number of nitrogens with one attached hydrogen (secondary N) is 4. The first-order valence-corrected chi connectivity index (χ1v) is 38.2. The molecule has 0 aromatic carbocycles. The third-order valence-corrected chi connectivity index (χ3v) is 21.4. The third-order valence-electron chi connectivity index (χ3n) is 13.9. The molecule has 0 aliphatic carbocycles. The lowest BCUT2D eigenvalue weighted by atomic mass is 9.92. The van der Waals surface area contributed by atoms with Gasteiger partial charge in [-0.3, -0.25) is 28.9 Å². The highest BCUT2D eigenvalue weighted by Gasteiger charge is 2.46. The standard InChI is InChI=1S/C55H102N6O26S6/c1-33(30-91-88-21-18-79-9-6-76-12-15-82-53-35(3)46(69)48(71)39(27-62)85-53)57-42(66)24-61(25-43(67)58-34(2)31-92-89-22-19-80-10-7-77-13-16-83-54-36(4)47(70)49(72)40(28-63)86-54)26-44(68)60-38(52(56)75)32-93-90-23-20-81-11-8-78-14-17-84-55-45(59-37(5)65)51(74)50(73)41(29-64)87-55/h33-36,38-41,45-51,53-55,62-64,69-74H,6-32H2,1-5H3,(H2,56,75)(H,57,66)(H,58,67)(H,59,65)(H,60,68). The highest BCUT2D eigenvalue weighted by Crippen LogP contribution is 2.29. The molecule has 0 aromatic heterocycles. The van der Waals surface area contributed by atoms with E-state index in [0.29, 0.717) is 75.0 Å². The smallest absolute Gasteiger partial charge is 0.240 e. The molecule has 544 valence electrons. The van der Waals surface area contributed by atoms with E-state index in [4.69, 9.17) is 62.6 Å². The van der Waals surface area contributed by atoms with E-state index in [1.165, 1.54) is 55.0 Å². The second-order valence-corrected chi connectivity index (χ2v) is 29.7. The van der Waals surface area contributed by atoms with E-state index in [-0.39, 0.29) is 83.8 Å². The van der Waals surface area contributed by atoms with Crippen molar-refractivity contribution < 1.29 is 127 Å². The van der Waals surface area contributed by atoms with Crippen LogP contribution in [0.25, 0.3) is 0 Å². The Kier molecular flexibility index (Phi) is 46.9. The maximum Gasteiger partial charge on any atom is 0.240 e. The minimum atomic E-state index is -1.43. The van der Waals surface area contributed by atoms with Crippen molar-refractivity contribution in [3.8, 4) is 0 Å². The summed E-state index contributed by atoms with van der Waals surface area (Å²) in [6, 6.07) is -2.71. The second kappa shape index (κ2) is 50.8. The van der Waals surface area contributed by atoms with Gasteiger partial charge in [0.25, 0.3) is 0 Å². The number of carbonyl (C=O) groups is 5. The van der Waals surface area contributed by atoms with Crippen LogP contribution in [0.5, 0.6) is 0 Å². The Morgan fingerprint density at radius 1 is 0.452 bits per heavy atom. The summed E-state index contributed by atoms with van der Waals surface area (Å²) in [4.78, 5) is 65.8. The summed E-state index contributed by atoms with van der Waals surface area (Å²) >= 11 is 0. The van der Waals surface area contributed by atoms with Gasteiger partial charge in [-0.15, -0.1) is 0 Å². The molecule has 3 aliphatic heterocycles. The molecule has 3 fully saturated rings. The highest BCUT2D eigenvalue weighted by atomic mass is 33.1. The Morgan fingerprint density at radius 3 is 1.14 bits per heavy atom. The molecule has 18 atom stereocenters. The van der Waals surface area contributed by atoms with E-state index < -0.39 is 154 Å².